The molecule has 32 heavy (non-hydrogen) atoms. The number of nitrogens with zero attached hydrogens (tertiary/aromatic N) is 5. The number of aromatic amines is 1. The molecule has 0 fully saturated rings. The van der Waals surface area contributed by atoms with Crippen LogP contribution in [0.3, 0.4) is 0 Å². The summed E-state index contributed by atoms with van der Waals surface area (Å²) in [4.78, 5) is 4.88. The van der Waals surface area contributed by atoms with Gasteiger partial charge in [0.05, 0.1) is 0 Å². The fourth-order valence-electron chi connectivity index (χ4n) is 4.41. The monoisotopic (exact) mass is 422 g/mol. The number of rotatable bonds is 6. The predicted octanol–water partition coefficient (Wildman–Crippen LogP) is 5.50. The second kappa shape index (κ2) is 8.38. The van der Waals surface area contributed by atoms with Gasteiger partial charge >= 0.3 is 0 Å². The molecular formula is C26H26N6. The van der Waals surface area contributed by atoms with Crippen molar-refractivity contribution in [2.75, 3.05) is 0 Å². The van der Waals surface area contributed by atoms with Crippen LogP contribution in [0.4, 0.5) is 0 Å². The second-order valence-electron chi connectivity index (χ2n) is 8.27. The van der Waals surface area contributed by atoms with Crippen LogP contribution in [0.1, 0.15) is 35.9 Å². The van der Waals surface area contributed by atoms with Crippen LogP contribution in [0.2, 0.25) is 0 Å². The number of fused-ring (bicyclic) bond motifs is 1. The Bertz CT molecular complexity index is 1360. The average molecular weight is 423 g/mol. The first kappa shape index (κ1) is 20.1. The molecule has 0 amide bonds. The summed E-state index contributed by atoms with van der Waals surface area (Å²) in [5.74, 6) is 0.601. The molecule has 2 aromatic carbocycles. The third kappa shape index (κ3) is 3.68. The zero-order valence-corrected chi connectivity index (χ0v) is 18.6. The summed E-state index contributed by atoms with van der Waals surface area (Å²) < 4.78 is 2.38. The van der Waals surface area contributed by atoms with E-state index in [0.717, 1.165) is 47.4 Å². The van der Waals surface area contributed by atoms with Crippen LogP contribution in [0.15, 0.2) is 60.7 Å². The normalized spacial score (nSPS) is 11.3. The van der Waals surface area contributed by atoms with Crippen molar-refractivity contribution in [1.29, 1.82) is 0 Å². The fourth-order valence-corrected chi connectivity index (χ4v) is 4.41. The maximum atomic E-state index is 4.88. The molecule has 6 nitrogen and oxygen atoms in total. The summed E-state index contributed by atoms with van der Waals surface area (Å²) >= 11 is 0. The minimum atomic E-state index is 0.601. The Morgan fingerprint density at radius 2 is 1.72 bits per heavy atom. The molecular weight excluding hydrogens is 396 g/mol. The molecule has 5 aromatic rings. The van der Waals surface area contributed by atoms with Crippen molar-refractivity contribution in [1.82, 2.24) is 30.2 Å². The first-order valence-electron chi connectivity index (χ1n) is 11.0. The Morgan fingerprint density at radius 3 is 2.44 bits per heavy atom. The van der Waals surface area contributed by atoms with Gasteiger partial charge in [-0.25, -0.2) is 4.98 Å². The summed E-state index contributed by atoms with van der Waals surface area (Å²) in [6.07, 6.45) is 2.16. The molecule has 0 radical (unpaired) electrons. The van der Waals surface area contributed by atoms with Crippen LogP contribution in [0.25, 0.3) is 33.5 Å². The molecule has 0 atom stereocenters. The molecule has 0 saturated carbocycles. The smallest absolute Gasteiger partial charge is 0.205 e. The van der Waals surface area contributed by atoms with E-state index in [1.807, 2.05) is 18.2 Å². The van der Waals surface area contributed by atoms with Crippen LogP contribution in [0, 0.1) is 13.8 Å². The quantitative estimate of drug-likeness (QED) is 0.392. The summed E-state index contributed by atoms with van der Waals surface area (Å²) in [5, 5.41) is 15.8. The number of benzene rings is 2. The lowest BCUT2D eigenvalue weighted by atomic mass is 9.98. The zero-order valence-electron chi connectivity index (χ0n) is 18.6. The molecule has 0 unspecified atom stereocenters. The zero-order chi connectivity index (χ0) is 22.1. The minimum Gasteiger partial charge on any atom is -0.325 e. The van der Waals surface area contributed by atoms with Crippen molar-refractivity contribution in [2.24, 2.45) is 0 Å². The van der Waals surface area contributed by atoms with E-state index in [0.29, 0.717) is 5.82 Å². The number of nitrogens with one attached hydrogen (secondary N) is 1. The molecule has 160 valence electrons. The third-order valence-electron chi connectivity index (χ3n) is 5.91. The average Bonchev–Trinajstić information content (AvgIpc) is 3.44. The lowest BCUT2D eigenvalue weighted by Crippen LogP contribution is -2.05. The van der Waals surface area contributed by atoms with E-state index in [9.17, 15) is 0 Å². The number of H-pyrrole nitrogens is 1. The van der Waals surface area contributed by atoms with E-state index in [4.69, 9.17) is 4.98 Å². The highest BCUT2D eigenvalue weighted by Gasteiger charge is 2.14. The minimum absolute atomic E-state index is 0.601. The SMILES string of the molecule is CCCc1cc2c(C)cc(C)nc2n1Cc1ccc(-c2ccccc2-c2nn[nH]n2)cc1. The van der Waals surface area contributed by atoms with Gasteiger partial charge in [-0.05, 0) is 59.9 Å². The van der Waals surface area contributed by atoms with Gasteiger partial charge in [0.15, 0.2) is 0 Å². The van der Waals surface area contributed by atoms with Crippen LogP contribution in [-0.4, -0.2) is 30.2 Å². The molecule has 0 aliphatic heterocycles. The van der Waals surface area contributed by atoms with E-state index in [1.54, 1.807) is 0 Å². The van der Waals surface area contributed by atoms with Crippen molar-refractivity contribution in [3.8, 4) is 22.5 Å². The number of hydrogen-bond donors (Lipinski definition) is 1. The molecule has 0 aliphatic carbocycles. The molecule has 1 N–H and O–H groups in total. The van der Waals surface area contributed by atoms with Crippen LogP contribution in [0.5, 0.6) is 0 Å². The predicted molar refractivity (Wildman–Crippen MR) is 127 cm³/mol. The van der Waals surface area contributed by atoms with Gasteiger partial charge in [-0.2, -0.15) is 5.21 Å². The van der Waals surface area contributed by atoms with Gasteiger partial charge in [0.2, 0.25) is 5.82 Å². The first-order chi connectivity index (χ1) is 15.6. The summed E-state index contributed by atoms with van der Waals surface area (Å²) in [7, 11) is 0. The van der Waals surface area contributed by atoms with E-state index >= 15 is 0 Å². The van der Waals surface area contributed by atoms with Gasteiger partial charge in [-0.1, -0.05) is 61.9 Å². The largest absolute Gasteiger partial charge is 0.325 e. The van der Waals surface area contributed by atoms with Gasteiger partial charge in [0.1, 0.15) is 5.65 Å². The Balaban J connectivity index is 1.51. The van der Waals surface area contributed by atoms with Crippen molar-refractivity contribution in [3.05, 3.63) is 83.2 Å². The van der Waals surface area contributed by atoms with Gasteiger partial charge in [-0.3, -0.25) is 0 Å². The maximum absolute atomic E-state index is 4.88. The highest BCUT2D eigenvalue weighted by Crippen LogP contribution is 2.30. The first-order valence-corrected chi connectivity index (χ1v) is 11.0. The third-order valence-corrected chi connectivity index (χ3v) is 5.91. The van der Waals surface area contributed by atoms with Gasteiger partial charge in [-0.15, -0.1) is 10.2 Å². The van der Waals surface area contributed by atoms with E-state index in [-0.39, 0.29) is 0 Å². The Kier molecular flexibility index (Phi) is 5.27. The molecule has 0 aliphatic rings. The van der Waals surface area contributed by atoms with Gasteiger partial charge < -0.3 is 4.57 Å². The lowest BCUT2D eigenvalue weighted by molar-refractivity contribution is 0.739. The highest BCUT2D eigenvalue weighted by molar-refractivity contribution is 5.82. The Labute approximate surface area is 187 Å². The number of tetrazole rings is 1. The van der Waals surface area contributed by atoms with Gasteiger partial charge in [0, 0.05) is 28.9 Å². The second-order valence-corrected chi connectivity index (χ2v) is 8.27. The molecule has 6 heteroatoms. The van der Waals surface area contributed by atoms with Crippen molar-refractivity contribution in [3.63, 3.8) is 0 Å². The van der Waals surface area contributed by atoms with E-state index in [2.05, 4.69) is 88.4 Å². The molecule has 5 rings (SSSR count). The number of pyridine rings is 1. The summed E-state index contributed by atoms with van der Waals surface area (Å²) in [6.45, 7) is 7.28. The Morgan fingerprint density at radius 1 is 0.938 bits per heavy atom. The van der Waals surface area contributed by atoms with Crippen LogP contribution < -0.4 is 0 Å². The number of aryl methyl sites for hydroxylation is 3. The topological polar surface area (TPSA) is 72.3 Å². The molecule has 0 bridgehead atoms. The molecule has 3 heterocycles. The lowest BCUT2D eigenvalue weighted by Gasteiger charge is -2.12. The molecule has 3 aromatic heterocycles. The maximum Gasteiger partial charge on any atom is 0.205 e. The molecule has 0 saturated heterocycles. The molecule has 0 spiro atoms. The van der Waals surface area contributed by atoms with Crippen molar-refractivity contribution >= 4 is 11.0 Å². The number of aromatic nitrogens is 6. The highest BCUT2D eigenvalue weighted by atomic mass is 15.5. The van der Waals surface area contributed by atoms with E-state index < -0.39 is 0 Å². The van der Waals surface area contributed by atoms with Crippen LogP contribution >= 0.6 is 0 Å². The standard InChI is InChI=1S/C26H26N6/c1-4-7-21-15-24-17(2)14-18(3)27-26(24)32(21)16-19-10-12-20(13-11-19)22-8-5-6-9-23(22)25-28-30-31-29-25/h5-6,8-15H,4,7,16H2,1-3H3,(H,28,29,30,31). The van der Waals surface area contributed by atoms with Crippen molar-refractivity contribution in [2.45, 2.75) is 40.2 Å². The Hall–Kier alpha value is -3.80. The number of hydrogen-bond acceptors (Lipinski definition) is 4. The van der Waals surface area contributed by atoms with E-state index in [1.165, 1.54) is 22.2 Å². The van der Waals surface area contributed by atoms with Crippen LogP contribution in [-0.2, 0) is 13.0 Å². The van der Waals surface area contributed by atoms with Gasteiger partial charge in [0.25, 0.3) is 0 Å². The fraction of sp³-hybridized carbons (Fsp3) is 0.231. The summed E-state index contributed by atoms with van der Waals surface area (Å²) in [5.41, 5.74) is 9.21. The van der Waals surface area contributed by atoms with Crippen molar-refractivity contribution < 1.29 is 0 Å². The summed E-state index contributed by atoms with van der Waals surface area (Å²) in [6, 6.07) is 21.4.